The molecule has 0 aliphatic carbocycles. The van der Waals surface area contributed by atoms with E-state index in [9.17, 15) is 13.2 Å². The fourth-order valence-corrected chi connectivity index (χ4v) is 3.86. The molecule has 0 saturated carbocycles. The first-order valence-electron chi connectivity index (χ1n) is 6.39. The van der Waals surface area contributed by atoms with Crippen LogP contribution in [-0.2, 0) is 9.84 Å². The SMILES string of the molecule is Cc1ccc(C)c(C(=O)CS(=O)(=O)c2ccccc2Cl)c1. The molecule has 0 aliphatic heterocycles. The minimum Gasteiger partial charge on any atom is -0.293 e. The number of carbonyl (C=O) groups excluding carboxylic acids is 1. The Bertz CT molecular complexity index is 795. The molecule has 0 aliphatic rings. The minimum atomic E-state index is -3.75. The molecule has 5 heteroatoms. The van der Waals surface area contributed by atoms with Crippen molar-refractivity contribution in [1.82, 2.24) is 0 Å². The molecule has 0 spiro atoms. The molecule has 2 aromatic carbocycles. The zero-order valence-electron chi connectivity index (χ0n) is 11.8. The second kappa shape index (κ2) is 6.00. The summed E-state index contributed by atoms with van der Waals surface area (Å²) in [6.45, 7) is 3.65. The van der Waals surface area contributed by atoms with E-state index in [1.165, 1.54) is 12.1 Å². The van der Waals surface area contributed by atoms with Gasteiger partial charge >= 0.3 is 0 Å². The topological polar surface area (TPSA) is 51.2 Å². The molecule has 0 aromatic heterocycles. The number of hydrogen-bond donors (Lipinski definition) is 0. The lowest BCUT2D eigenvalue weighted by atomic mass is 10.0. The van der Waals surface area contributed by atoms with Crippen LogP contribution >= 0.6 is 11.6 Å². The largest absolute Gasteiger partial charge is 0.293 e. The average Bonchev–Trinajstić information content (AvgIpc) is 2.41. The highest BCUT2D eigenvalue weighted by molar-refractivity contribution is 7.92. The maximum Gasteiger partial charge on any atom is 0.187 e. The Labute approximate surface area is 129 Å². The molecular formula is C16H15ClO3S. The van der Waals surface area contributed by atoms with Gasteiger partial charge in [0.2, 0.25) is 0 Å². The standard InChI is InChI=1S/C16H15ClO3S/c1-11-7-8-12(2)13(9-11)15(18)10-21(19,20)16-6-4-3-5-14(16)17/h3-9H,10H2,1-2H3. The second-order valence-electron chi connectivity index (χ2n) is 4.93. The summed E-state index contributed by atoms with van der Waals surface area (Å²) in [4.78, 5) is 12.3. The zero-order chi connectivity index (χ0) is 15.6. The molecule has 0 unspecified atom stereocenters. The molecule has 0 atom stereocenters. The van der Waals surface area contributed by atoms with Crippen LogP contribution in [0.5, 0.6) is 0 Å². The Morgan fingerprint density at radius 2 is 1.76 bits per heavy atom. The normalized spacial score (nSPS) is 11.4. The van der Waals surface area contributed by atoms with Gasteiger partial charge in [0.05, 0.1) is 9.92 Å². The molecule has 110 valence electrons. The molecule has 0 heterocycles. The van der Waals surface area contributed by atoms with E-state index in [1.54, 1.807) is 25.1 Å². The van der Waals surface area contributed by atoms with E-state index >= 15 is 0 Å². The number of ketones is 1. The van der Waals surface area contributed by atoms with Crippen molar-refractivity contribution in [1.29, 1.82) is 0 Å². The van der Waals surface area contributed by atoms with Crippen molar-refractivity contribution in [2.24, 2.45) is 0 Å². The van der Waals surface area contributed by atoms with E-state index in [4.69, 9.17) is 11.6 Å². The van der Waals surface area contributed by atoms with Gasteiger partial charge in [-0.15, -0.1) is 0 Å². The lowest BCUT2D eigenvalue weighted by molar-refractivity contribution is 0.102. The summed E-state index contributed by atoms with van der Waals surface area (Å²) in [5.74, 6) is -1.00. The predicted molar refractivity (Wildman–Crippen MR) is 83.8 cm³/mol. The summed E-state index contributed by atoms with van der Waals surface area (Å²) in [6, 6.07) is 11.5. The van der Waals surface area contributed by atoms with Gasteiger partial charge in [0.25, 0.3) is 0 Å². The first-order valence-corrected chi connectivity index (χ1v) is 8.42. The predicted octanol–water partition coefficient (Wildman–Crippen LogP) is 3.61. The van der Waals surface area contributed by atoms with Crippen LogP contribution in [0.3, 0.4) is 0 Å². The van der Waals surface area contributed by atoms with Crippen molar-refractivity contribution in [3.05, 3.63) is 64.2 Å². The summed E-state index contributed by atoms with van der Waals surface area (Å²) < 4.78 is 24.7. The molecule has 21 heavy (non-hydrogen) atoms. The summed E-state index contributed by atoms with van der Waals surface area (Å²) in [7, 11) is -3.75. The smallest absolute Gasteiger partial charge is 0.187 e. The average molecular weight is 323 g/mol. The molecule has 2 rings (SSSR count). The van der Waals surface area contributed by atoms with Crippen LogP contribution in [0.15, 0.2) is 47.4 Å². The highest BCUT2D eigenvalue weighted by atomic mass is 35.5. The van der Waals surface area contributed by atoms with Crippen molar-refractivity contribution < 1.29 is 13.2 Å². The molecule has 0 N–H and O–H groups in total. The van der Waals surface area contributed by atoms with Gasteiger partial charge in [-0.3, -0.25) is 4.79 Å². The summed E-state index contributed by atoms with van der Waals surface area (Å²) in [5.41, 5.74) is 2.12. The van der Waals surface area contributed by atoms with Gasteiger partial charge in [-0.1, -0.05) is 41.4 Å². The molecule has 0 amide bonds. The van der Waals surface area contributed by atoms with Crippen LogP contribution in [-0.4, -0.2) is 20.0 Å². The zero-order valence-corrected chi connectivity index (χ0v) is 13.3. The van der Waals surface area contributed by atoms with Gasteiger partial charge < -0.3 is 0 Å². The number of halogens is 1. The number of Topliss-reactive ketones (excluding diaryl/α,β-unsaturated/α-hetero) is 1. The number of carbonyl (C=O) groups is 1. The third kappa shape index (κ3) is 3.52. The second-order valence-corrected chi connectivity index (χ2v) is 7.30. The van der Waals surface area contributed by atoms with Gasteiger partial charge in [0.15, 0.2) is 15.6 Å². The summed E-state index contributed by atoms with van der Waals surface area (Å²) in [5, 5.41) is 0.131. The van der Waals surface area contributed by atoms with Gasteiger partial charge in [0, 0.05) is 5.56 Å². The van der Waals surface area contributed by atoms with Gasteiger partial charge in [-0.05, 0) is 37.6 Å². The number of rotatable bonds is 4. The summed E-state index contributed by atoms with van der Waals surface area (Å²) in [6.07, 6.45) is 0. The van der Waals surface area contributed by atoms with Crippen LogP contribution in [0.4, 0.5) is 0 Å². The van der Waals surface area contributed by atoms with E-state index < -0.39 is 21.4 Å². The molecule has 0 fully saturated rings. The van der Waals surface area contributed by atoms with Crippen molar-refractivity contribution in [3.8, 4) is 0 Å². The molecule has 0 bridgehead atoms. The van der Waals surface area contributed by atoms with Crippen LogP contribution in [0.25, 0.3) is 0 Å². The number of hydrogen-bond acceptors (Lipinski definition) is 3. The quantitative estimate of drug-likeness (QED) is 0.808. The van der Waals surface area contributed by atoms with Crippen molar-refractivity contribution >= 4 is 27.2 Å². The Kier molecular flexibility index (Phi) is 4.49. The van der Waals surface area contributed by atoms with E-state index in [2.05, 4.69) is 0 Å². The van der Waals surface area contributed by atoms with Crippen LogP contribution in [0, 0.1) is 13.8 Å². The Morgan fingerprint density at radius 1 is 1.10 bits per heavy atom. The minimum absolute atomic E-state index is 0.00896. The monoisotopic (exact) mass is 322 g/mol. The fraction of sp³-hybridized carbons (Fsp3) is 0.188. The van der Waals surface area contributed by atoms with Crippen LogP contribution < -0.4 is 0 Å². The molecular weight excluding hydrogens is 308 g/mol. The lowest BCUT2D eigenvalue weighted by Gasteiger charge is -2.08. The van der Waals surface area contributed by atoms with E-state index in [0.29, 0.717) is 5.56 Å². The Hall–Kier alpha value is -1.65. The number of aryl methyl sites for hydroxylation is 2. The first-order chi connectivity index (χ1) is 9.81. The van der Waals surface area contributed by atoms with Crippen LogP contribution in [0.2, 0.25) is 5.02 Å². The molecule has 2 aromatic rings. The van der Waals surface area contributed by atoms with E-state index in [-0.39, 0.29) is 9.92 Å². The maximum atomic E-state index is 12.3. The molecule has 3 nitrogen and oxygen atoms in total. The van der Waals surface area contributed by atoms with E-state index in [0.717, 1.165) is 11.1 Å². The van der Waals surface area contributed by atoms with E-state index in [1.807, 2.05) is 19.1 Å². The van der Waals surface area contributed by atoms with Crippen molar-refractivity contribution in [3.63, 3.8) is 0 Å². The van der Waals surface area contributed by atoms with Gasteiger partial charge in [0.1, 0.15) is 5.75 Å². The van der Waals surface area contributed by atoms with Crippen molar-refractivity contribution in [2.75, 3.05) is 5.75 Å². The lowest BCUT2D eigenvalue weighted by Crippen LogP contribution is -2.17. The fourth-order valence-electron chi connectivity index (χ4n) is 2.06. The van der Waals surface area contributed by atoms with Gasteiger partial charge in [-0.25, -0.2) is 8.42 Å². The maximum absolute atomic E-state index is 12.3. The number of benzene rings is 2. The Balaban J connectivity index is 2.35. The first kappa shape index (κ1) is 15.7. The highest BCUT2D eigenvalue weighted by Gasteiger charge is 2.23. The number of sulfone groups is 1. The van der Waals surface area contributed by atoms with Gasteiger partial charge in [-0.2, -0.15) is 0 Å². The Morgan fingerprint density at radius 3 is 2.43 bits per heavy atom. The third-order valence-corrected chi connectivity index (χ3v) is 5.30. The van der Waals surface area contributed by atoms with Crippen LogP contribution in [0.1, 0.15) is 21.5 Å². The summed E-state index contributed by atoms with van der Waals surface area (Å²) >= 11 is 5.90. The highest BCUT2D eigenvalue weighted by Crippen LogP contribution is 2.23. The molecule has 0 saturated heterocycles. The third-order valence-electron chi connectivity index (χ3n) is 3.19. The molecule has 0 radical (unpaired) electrons. The van der Waals surface area contributed by atoms with Crippen molar-refractivity contribution in [2.45, 2.75) is 18.7 Å².